The van der Waals surface area contributed by atoms with Crippen molar-refractivity contribution in [2.45, 2.75) is 13.5 Å². The van der Waals surface area contributed by atoms with Gasteiger partial charge in [-0.3, -0.25) is 4.90 Å². The van der Waals surface area contributed by atoms with Crippen LogP contribution in [0.5, 0.6) is 5.75 Å². The number of benzene rings is 1. The lowest BCUT2D eigenvalue weighted by Gasteiger charge is -2.36. The van der Waals surface area contributed by atoms with Gasteiger partial charge in [-0.1, -0.05) is 17.7 Å². The molecule has 3 rings (SSSR count). The normalized spacial score (nSPS) is 14.8. The fourth-order valence-corrected chi connectivity index (χ4v) is 3.30. The molecule has 0 amide bonds. The molecule has 0 unspecified atom stereocenters. The Morgan fingerprint density at radius 3 is 2.55 bits per heavy atom. The summed E-state index contributed by atoms with van der Waals surface area (Å²) in [6.07, 6.45) is 1.84. The zero-order valence-electron chi connectivity index (χ0n) is 18.1. The van der Waals surface area contributed by atoms with Gasteiger partial charge in [0, 0.05) is 51.3 Å². The molecule has 8 nitrogen and oxygen atoms in total. The summed E-state index contributed by atoms with van der Waals surface area (Å²) in [5, 5.41) is 12.4. The molecule has 170 valence electrons. The number of halogens is 2. The van der Waals surface area contributed by atoms with Crippen LogP contribution in [0.15, 0.2) is 41.9 Å². The van der Waals surface area contributed by atoms with Crippen molar-refractivity contribution in [1.29, 1.82) is 0 Å². The molecule has 2 heterocycles. The number of piperazine rings is 1. The maximum Gasteiger partial charge on any atom is 0.194 e. The van der Waals surface area contributed by atoms with Crippen molar-refractivity contribution in [3.05, 3.63) is 53.6 Å². The van der Waals surface area contributed by atoms with Crippen molar-refractivity contribution in [2.24, 2.45) is 12.0 Å². The SMILES string of the molecule is C=CCNC(=NCc1nnc(C)n1C)N1CCN(CCOc2ccc(Cl)cc2)CC1.I. The predicted octanol–water partition coefficient (Wildman–Crippen LogP) is 2.72. The maximum atomic E-state index is 5.91. The van der Waals surface area contributed by atoms with E-state index in [1.807, 2.05) is 48.9 Å². The van der Waals surface area contributed by atoms with Crippen molar-refractivity contribution >= 4 is 41.5 Å². The topological polar surface area (TPSA) is 70.8 Å². The number of nitrogens with zero attached hydrogens (tertiary/aromatic N) is 6. The van der Waals surface area contributed by atoms with E-state index < -0.39 is 0 Å². The molecule has 0 aliphatic carbocycles. The Morgan fingerprint density at radius 2 is 1.94 bits per heavy atom. The summed E-state index contributed by atoms with van der Waals surface area (Å²) < 4.78 is 7.78. The van der Waals surface area contributed by atoms with Crippen LogP contribution in [0.3, 0.4) is 0 Å². The third-order valence-corrected chi connectivity index (χ3v) is 5.37. The molecule has 10 heteroatoms. The van der Waals surface area contributed by atoms with Crippen LogP contribution >= 0.6 is 35.6 Å². The van der Waals surface area contributed by atoms with Crippen molar-refractivity contribution in [2.75, 3.05) is 45.9 Å². The molecule has 31 heavy (non-hydrogen) atoms. The summed E-state index contributed by atoms with van der Waals surface area (Å²) >= 11 is 5.91. The van der Waals surface area contributed by atoms with Crippen LogP contribution in [-0.4, -0.2) is 76.4 Å². The van der Waals surface area contributed by atoms with Gasteiger partial charge in [0.15, 0.2) is 11.8 Å². The number of hydrogen-bond acceptors (Lipinski definition) is 5. The van der Waals surface area contributed by atoms with Crippen LogP contribution in [0.2, 0.25) is 5.02 Å². The Kier molecular flexibility index (Phi) is 10.6. The third kappa shape index (κ3) is 7.65. The number of aryl methyl sites for hydroxylation is 1. The Bertz CT molecular complexity index is 848. The molecule has 1 fully saturated rings. The second kappa shape index (κ2) is 12.9. The summed E-state index contributed by atoms with van der Waals surface area (Å²) in [5.74, 6) is 3.46. The average Bonchev–Trinajstić information content (AvgIpc) is 3.08. The quantitative estimate of drug-likeness (QED) is 0.232. The Labute approximate surface area is 206 Å². The van der Waals surface area contributed by atoms with Crippen LogP contribution < -0.4 is 10.1 Å². The van der Waals surface area contributed by atoms with Crippen molar-refractivity contribution in [3.63, 3.8) is 0 Å². The summed E-state index contributed by atoms with van der Waals surface area (Å²) in [4.78, 5) is 9.46. The highest BCUT2D eigenvalue weighted by atomic mass is 127. The average molecular weight is 560 g/mol. The molecule has 1 N–H and O–H groups in total. The van der Waals surface area contributed by atoms with Gasteiger partial charge in [-0.2, -0.15) is 0 Å². The first-order valence-corrected chi connectivity index (χ1v) is 10.5. The fourth-order valence-electron chi connectivity index (χ4n) is 3.17. The lowest BCUT2D eigenvalue weighted by molar-refractivity contribution is 0.152. The predicted molar refractivity (Wildman–Crippen MR) is 135 cm³/mol. The van der Waals surface area contributed by atoms with E-state index in [4.69, 9.17) is 21.3 Å². The first-order chi connectivity index (χ1) is 14.6. The Morgan fingerprint density at radius 1 is 1.23 bits per heavy atom. The summed E-state index contributed by atoms with van der Waals surface area (Å²) in [7, 11) is 1.96. The number of ether oxygens (including phenoxy) is 1. The van der Waals surface area contributed by atoms with E-state index in [0.717, 1.165) is 61.1 Å². The molecular formula is C21H31ClIN7O. The fraction of sp³-hybridized carbons (Fsp3) is 0.476. The van der Waals surface area contributed by atoms with Gasteiger partial charge in [-0.15, -0.1) is 40.8 Å². The second-order valence-electron chi connectivity index (χ2n) is 7.16. The molecule has 0 atom stereocenters. The van der Waals surface area contributed by atoms with Gasteiger partial charge in [-0.25, -0.2) is 4.99 Å². The van der Waals surface area contributed by atoms with E-state index >= 15 is 0 Å². The van der Waals surface area contributed by atoms with Crippen molar-refractivity contribution in [1.82, 2.24) is 29.9 Å². The van der Waals surface area contributed by atoms with E-state index in [1.165, 1.54) is 0 Å². The van der Waals surface area contributed by atoms with E-state index in [2.05, 4.69) is 31.9 Å². The van der Waals surface area contributed by atoms with Crippen LogP contribution in [0, 0.1) is 6.92 Å². The first-order valence-electron chi connectivity index (χ1n) is 10.2. The lowest BCUT2D eigenvalue weighted by atomic mass is 10.3. The Balaban J connectivity index is 0.00000341. The highest BCUT2D eigenvalue weighted by molar-refractivity contribution is 14.0. The molecule has 1 aliphatic heterocycles. The largest absolute Gasteiger partial charge is 0.492 e. The van der Waals surface area contributed by atoms with E-state index in [9.17, 15) is 0 Å². The standard InChI is InChI=1S/C21H30ClN7O.HI/c1-4-9-23-21(24-16-20-26-25-17(2)27(20)3)29-12-10-28(11-13-29)14-15-30-19-7-5-18(22)6-8-19;/h4-8H,1,9-16H2,2-3H3,(H,23,24);1H. The molecule has 0 spiro atoms. The minimum atomic E-state index is 0. The Hall–Kier alpha value is -1.85. The molecule has 2 aromatic rings. The molecule has 1 aliphatic rings. The van der Waals surface area contributed by atoms with Gasteiger partial charge >= 0.3 is 0 Å². The highest BCUT2D eigenvalue weighted by Crippen LogP contribution is 2.15. The van der Waals surface area contributed by atoms with Crippen LogP contribution in [0.25, 0.3) is 0 Å². The van der Waals surface area contributed by atoms with E-state index in [-0.39, 0.29) is 24.0 Å². The number of guanidine groups is 1. The lowest BCUT2D eigenvalue weighted by Crippen LogP contribution is -2.53. The van der Waals surface area contributed by atoms with Crippen LogP contribution in [0.1, 0.15) is 11.6 Å². The molecule has 1 aromatic carbocycles. The number of aromatic nitrogens is 3. The van der Waals surface area contributed by atoms with Gasteiger partial charge in [0.05, 0.1) is 0 Å². The monoisotopic (exact) mass is 559 g/mol. The minimum absolute atomic E-state index is 0. The van der Waals surface area contributed by atoms with E-state index in [1.54, 1.807) is 0 Å². The summed E-state index contributed by atoms with van der Waals surface area (Å²) in [6, 6.07) is 7.48. The third-order valence-electron chi connectivity index (χ3n) is 5.12. The number of rotatable bonds is 8. The van der Waals surface area contributed by atoms with Gasteiger partial charge in [-0.05, 0) is 31.2 Å². The number of aliphatic imine (C=N–C) groups is 1. The van der Waals surface area contributed by atoms with E-state index in [0.29, 0.717) is 19.7 Å². The molecule has 1 saturated heterocycles. The van der Waals surface area contributed by atoms with Crippen molar-refractivity contribution < 1.29 is 4.74 Å². The van der Waals surface area contributed by atoms with Crippen LogP contribution in [-0.2, 0) is 13.6 Å². The number of hydrogen-bond donors (Lipinski definition) is 1. The zero-order chi connectivity index (χ0) is 21.3. The van der Waals surface area contributed by atoms with Crippen molar-refractivity contribution in [3.8, 4) is 5.75 Å². The van der Waals surface area contributed by atoms with Gasteiger partial charge in [0.25, 0.3) is 0 Å². The van der Waals surface area contributed by atoms with Crippen LogP contribution in [0.4, 0.5) is 0 Å². The molecule has 0 saturated carbocycles. The van der Waals surface area contributed by atoms with Gasteiger partial charge in [0.1, 0.15) is 24.7 Å². The second-order valence-corrected chi connectivity index (χ2v) is 7.60. The smallest absolute Gasteiger partial charge is 0.194 e. The molecule has 0 radical (unpaired) electrons. The minimum Gasteiger partial charge on any atom is -0.492 e. The molecule has 1 aromatic heterocycles. The zero-order valence-corrected chi connectivity index (χ0v) is 21.2. The van der Waals surface area contributed by atoms with Gasteiger partial charge in [0.2, 0.25) is 0 Å². The summed E-state index contributed by atoms with van der Waals surface area (Å²) in [6.45, 7) is 12.2. The molecular weight excluding hydrogens is 529 g/mol. The highest BCUT2D eigenvalue weighted by Gasteiger charge is 2.19. The van der Waals surface area contributed by atoms with Gasteiger partial charge < -0.3 is 19.5 Å². The first kappa shape index (κ1) is 25.4. The summed E-state index contributed by atoms with van der Waals surface area (Å²) in [5.41, 5.74) is 0. The maximum absolute atomic E-state index is 5.91. The molecule has 0 bridgehead atoms. The number of nitrogens with one attached hydrogen (secondary N) is 1.